The Morgan fingerprint density at radius 1 is 1.06 bits per heavy atom. The third-order valence-corrected chi connectivity index (χ3v) is 4.58. The molecular weight excluding hydrogens is 236 g/mol. The molecule has 0 bridgehead atoms. The lowest BCUT2D eigenvalue weighted by Crippen LogP contribution is -2.44. The van der Waals surface area contributed by atoms with Crippen LogP contribution in [-0.2, 0) is 24.5 Å². The van der Waals surface area contributed by atoms with E-state index >= 15 is 0 Å². The summed E-state index contributed by atoms with van der Waals surface area (Å²) in [6, 6.07) is 9.99. The van der Waals surface area contributed by atoms with Crippen molar-refractivity contribution in [2.45, 2.75) is 26.4 Å². The molecule has 0 amide bonds. The number of carbonyl (C=O) groups excluding carboxylic acids is 2. The average molecular weight is 252 g/mol. The molecule has 0 N–H and O–H groups in total. The van der Waals surface area contributed by atoms with Gasteiger partial charge in [-0.2, -0.15) is 0 Å². The number of carbonyl (C=O) groups is 2. The van der Waals surface area contributed by atoms with E-state index < -0.39 is 20.5 Å². The Bertz CT molecular complexity index is 386. The van der Waals surface area contributed by atoms with Gasteiger partial charge in [0.1, 0.15) is 0 Å². The van der Waals surface area contributed by atoms with E-state index in [4.69, 9.17) is 8.85 Å². The fourth-order valence-electron chi connectivity index (χ4n) is 1.67. The molecule has 0 fully saturated rings. The Morgan fingerprint density at radius 3 is 1.94 bits per heavy atom. The van der Waals surface area contributed by atoms with Crippen LogP contribution in [0, 0.1) is 0 Å². The molecule has 1 aromatic rings. The number of rotatable bonds is 4. The van der Waals surface area contributed by atoms with Crippen LogP contribution >= 0.6 is 0 Å². The largest absolute Gasteiger partial charge is 0.485 e. The molecule has 0 spiro atoms. The Morgan fingerprint density at radius 2 is 1.53 bits per heavy atom. The summed E-state index contributed by atoms with van der Waals surface area (Å²) in [5.41, 5.74) is 0.990. The van der Waals surface area contributed by atoms with E-state index in [2.05, 4.69) is 0 Å². The lowest BCUT2D eigenvalue weighted by atomic mass is 10.2. The minimum atomic E-state index is -2.82. The van der Waals surface area contributed by atoms with Crippen LogP contribution < -0.4 is 0 Å². The van der Waals surface area contributed by atoms with Crippen molar-refractivity contribution >= 4 is 20.5 Å². The van der Waals surface area contributed by atoms with Crippen molar-refractivity contribution in [2.24, 2.45) is 0 Å². The quantitative estimate of drug-likeness (QED) is 0.769. The van der Waals surface area contributed by atoms with Gasteiger partial charge in [-0.1, -0.05) is 30.3 Å². The first-order valence-corrected chi connectivity index (χ1v) is 7.87. The summed E-state index contributed by atoms with van der Waals surface area (Å²) >= 11 is 0. The zero-order valence-corrected chi connectivity index (χ0v) is 11.2. The fourth-order valence-corrected chi connectivity index (χ4v) is 4.05. The van der Waals surface area contributed by atoms with Crippen LogP contribution in [0.1, 0.15) is 19.4 Å². The lowest BCUT2D eigenvalue weighted by molar-refractivity contribution is -0.138. The highest BCUT2D eigenvalue weighted by atomic mass is 28.4. The molecule has 4 nitrogen and oxygen atoms in total. The normalized spacial score (nSPS) is 10.8. The van der Waals surface area contributed by atoms with E-state index in [9.17, 15) is 9.59 Å². The van der Waals surface area contributed by atoms with Crippen molar-refractivity contribution in [3.8, 4) is 0 Å². The van der Waals surface area contributed by atoms with E-state index in [1.807, 2.05) is 30.3 Å². The molecule has 0 atom stereocenters. The predicted octanol–water partition coefficient (Wildman–Crippen LogP) is 1.97. The smallest absolute Gasteiger partial charge is 0.465 e. The monoisotopic (exact) mass is 252 g/mol. The number of hydrogen-bond donors (Lipinski definition) is 0. The van der Waals surface area contributed by atoms with Gasteiger partial charge >= 0.3 is 8.56 Å². The lowest BCUT2D eigenvalue weighted by Gasteiger charge is -2.24. The summed E-state index contributed by atoms with van der Waals surface area (Å²) in [6.07, 6.45) is 0. The minimum absolute atomic E-state index is 0.420. The van der Waals surface area contributed by atoms with Gasteiger partial charge < -0.3 is 8.85 Å². The zero-order chi connectivity index (χ0) is 12.9. The van der Waals surface area contributed by atoms with E-state index in [0.29, 0.717) is 6.04 Å². The number of hydrogen-bond acceptors (Lipinski definition) is 4. The molecule has 0 aromatic heterocycles. The van der Waals surface area contributed by atoms with E-state index in [1.54, 1.807) is 6.55 Å². The summed E-state index contributed by atoms with van der Waals surface area (Å²) in [5, 5.41) is 0. The fraction of sp³-hybridized carbons (Fsp3) is 0.333. The topological polar surface area (TPSA) is 52.6 Å². The maximum atomic E-state index is 11.1. The Labute approximate surface area is 102 Å². The predicted molar refractivity (Wildman–Crippen MR) is 65.3 cm³/mol. The first-order chi connectivity index (χ1) is 7.91. The van der Waals surface area contributed by atoms with Crippen LogP contribution in [0.15, 0.2) is 30.3 Å². The third kappa shape index (κ3) is 4.82. The van der Waals surface area contributed by atoms with E-state index in [-0.39, 0.29) is 0 Å². The molecule has 0 saturated carbocycles. The molecule has 92 valence electrons. The van der Waals surface area contributed by atoms with Crippen LogP contribution in [0.2, 0.25) is 6.55 Å². The SMILES string of the molecule is CC(=O)O[Si](C)(Cc1ccccc1)OC(C)=O. The molecule has 0 heterocycles. The van der Waals surface area contributed by atoms with Crippen LogP contribution in [0.5, 0.6) is 0 Å². The molecular formula is C12H16O4Si. The van der Waals surface area contributed by atoms with E-state index in [1.165, 1.54) is 13.8 Å². The second-order valence-corrected chi connectivity index (χ2v) is 7.01. The highest BCUT2D eigenvalue weighted by molar-refractivity contribution is 6.68. The second-order valence-electron chi connectivity index (χ2n) is 3.98. The van der Waals surface area contributed by atoms with Crippen molar-refractivity contribution in [2.75, 3.05) is 0 Å². The van der Waals surface area contributed by atoms with Crippen molar-refractivity contribution in [3.05, 3.63) is 35.9 Å². The van der Waals surface area contributed by atoms with Gasteiger partial charge in [-0.25, -0.2) is 0 Å². The van der Waals surface area contributed by atoms with Gasteiger partial charge in [0, 0.05) is 26.4 Å². The Balaban J connectivity index is 2.83. The highest BCUT2D eigenvalue weighted by Gasteiger charge is 2.38. The molecule has 0 aliphatic heterocycles. The van der Waals surface area contributed by atoms with Gasteiger partial charge in [-0.3, -0.25) is 9.59 Å². The van der Waals surface area contributed by atoms with Gasteiger partial charge in [0.25, 0.3) is 11.9 Å². The molecule has 5 heteroatoms. The van der Waals surface area contributed by atoms with Gasteiger partial charge in [-0.05, 0) is 5.56 Å². The summed E-state index contributed by atoms with van der Waals surface area (Å²) in [7, 11) is -2.82. The molecule has 1 rings (SSSR count). The average Bonchev–Trinajstić information content (AvgIpc) is 2.15. The first kappa shape index (κ1) is 13.4. The molecule has 0 aliphatic carbocycles. The van der Waals surface area contributed by atoms with Crippen LogP contribution in [0.4, 0.5) is 0 Å². The minimum Gasteiger partial charge on any atom is -0.485 e. The van der Waals surface area contributed by atoms with Gasteiger partial charge in [-0.15, -0.1) is 0 Å². The van der Waals surface area contributed by atoms with Gasteiger partial charge in [0.2, 0.25) is 0 Å². The van der Waals surface area contributed by atoms with E-state index in [0.717, 1.165) is 5.56 Å². The van der Waals surface area contributed by atoms with Crippen LogP contribution in [-0.4, -0.2) is 20.5 Å². The second kappa shape index (κ2) is 5.63. The zero-order valence-electron chi connectivity index (χ0n) is 10.2. The summed E-state index contributed by atoms with van der Waals surface area (Å²) < 4.78 is 10.4. The van der Waals surface area contributed by atoms with Crippen molar-refractivity contribution in [1.82, 2.24) is 0 Å². The Hall–Kier alpha value is -1.62. The van der Waals surface area contributed by atoms with Crippen LogP contribution in [0.25, 0.3) is 0 Å². The highest BCUT2D eigenvalue weighted by Crippen LogP contribution is 2.15. The van der Waals surface area contributed by atoms with Gasteiger partial charge in [0.15, 0.2) is 0 Å². The van der Waals surface area contributed by atoms with Gasteiger partial charge in [0.05, 0.1) is 0 Å². The van der Waals surface area contributed by atoms with Crippen molar-refractivity contribution in [1.29, 1.82) is 0 Å². The van der Waals surface area contributed by atoms with Crippen LogP contribution in [0.3, 0.4) is 0 Å². The summed E-state index contributed by atoms with van der Waals surface area (Å²) in [6.45, 7) is 4.35. The summed E-state index contributed by atoms with van der Waals surface area (Å²) in [4.78, 5) is 22.1. The molecule has 1 aromatic carbocycles. The standard InChI is InChI=1S/C12H16O4Si/c1-10(13)15-17(3,16-11(2)14)9-12-7-5-4-6-8-12/h4-8H,9H2,1-3H3. The molecule has 0 aliphatic rings. The molecule has 0 radical (unpaired) electrons. The maximum Gasteiger partial charge on any atom is 0.465 e. The van der Waals surface area contributed by atoms with Crippen molar-refractivity contribution in [3.63, 3.8) is 0 Å². The summed E-state index contributed by atoms with van der Waals surface area (Å²) in [5.74, 6) is -0.840. The van der Waals surface area contributed by atoms with Crippen molar-refractivity contribution < 1.29 is 18.4 Å². The maximum absolute atomic E-state index is 11.1. The molecule has 0 saturated heterocycles. The third-order valence-electron chi connectivity index (χ3n) is 2.09. The number of benzene rings is 1. The molecule has 0 unspecified atom stereocenters. The molecule has 17 heavy (non-hydrogen) atoms. The first-order valence-electron chi connectivity index (χ1n) is 5.34. The Kier molecular flexibility index (Phi) is 4.45.